The van der Waals surface area contributed by atoms with Gasteiger partial charge < -0.3 is 0 Å². The van der Waals surface area contributed by atoms with Gasteiger partial charge in [-0.3, -0.25) is 0 Å². The second-order valence-corrected chi connectivity index (χ2v) is 8.25. The van der Waals surface area contributed by atoms with Gasteiger partial charge >= 0.3 is 0 Å². The van der Waals surface area contributed by atoms with Crippen molar-refractivity contribution in [2.24, 2.45) is 0 Å². The van der Waals surface area contributed by atoms with E-state index in [0.717, 1.165) is 0 Å². The average Bonchev–Trinajstić information content (AvgIpc) is 2.22. The minimum absolute atomic E-state index is 1.31. The predicted molar refractivity (Wildman–Crippen MR) is 78.3 cm³/mol. The summed E-state index contributed by atoms with van der Waals surface area (Å²) >= 11 is 8.53. The quantitative estimate of drug-likeness (QED) is 0.649. The van der Waals surface area contributed by atoms with Gasteiger partial charge in [-0.2, -0.15) is 47.0 Å². The minimum Gasteiger partial charge on any atom is -0.162 e. The van der Waals surface area contributed by atoms with Gasteiger partial charge in [-0.25, -0.2) is 0 Å². The highest BCUT2D eigenvalue weighted by Gasteiger charge is 1.96. The molecule has 1 aliphatic rings. The first-order valence-electron chi connectivity index (χ1n) is 5.31. The van der Waals surface area contributed by atoms with Crippen LogP contribution >= 0.6 is 47.0 Å². The lowest BCUT2D eigenvalue weighted by atomic mass is 10.4. The summed E-state index contributed by atoms with van der Waals surface area (Å²) in [6.07, 6.45) is 4.26. The zero-order chi connectivity index (χ0) is 9.90. The molecule has 4 heteroatoms. The Bertz CT molecular complexity index is 65.4. The van der Waals surface area contributed by atoms with E-state index < -0.39 is 0 Å². The Balaban J connectivity index is 2.00. The molecule has 1 heterocycles. The van der Waals surface area contributed by atoms with E-state index in [-0.39, 0.29) is 0 Å². The minimum atomic E-state index is 1.31. The molecular weight excluding hydrogens is 248 g/mol. The highest BCUT2D eigenvalue weighted by atomic mass is 32.2. The molecule has 1 rings (SSSR count). The molecule has 0 saturated carbocycles. The molecule has 0 atom stereocenters. The fraction of sp³-hybridized carbons (Fsp3) is 1.00. The van der Waals surface area contributed by atoms with Gasteiger partial charge in [0.25, 0.3) is 0 Å². The maximum atomic E-state index is 2.15. The summed E-state index contributed by atoms with van der Waals surface area (Å²) in [6.45, 7) is 0. The van der Waals surface area contributed by atoms with E-state index in [9.17, 15) is 0 Å². The average molecular weight is 269 g/mol. The van der Waals surface area contributed by atoms with Crippen molar-refractivity contribution in [3.8, 4) is 0 Å². The third-order valence-electron chi connectivity index (χ3n) is 1.94. The van der Waals surface area contributed by atoms with Crippen molar-refractivity contribution in [1.82, 2.24) is 0 Å². The Hall–Kier alpha value is 1.40. The molecule has 0 spiro atoms. The summed E-state index contributed by atoms with van der Waals surface area (Å²) in [7, 11) is 0. The standard InChI is InChI=1S/C10H20S4/c1-2-5-13-10-14-9-8-12-7-3-6-11-4-1/h1-10H2. The van der Waals surface area contributed by atoms with Crippen molar-refractivity contribution in [2.75, 3.05) is 39.6 Å². The van der Waals surface area contributed by atoms with Crippen LogP contribution in [0, 0.1) is 0 Å². The number of hydrogen-bond donors (Lipinski definition) is 0. The van der Waals surface area contributed by atoms with Crippen LogP contribution in [0.2, 0.25) is 0 Å². The fourth-order valence-electron chi connectivity index (χ4n) is 1.17. The summed E-state index contributed by atoms with van der Waals surface area (Å²) in [4.78, 5) is 0. The highest BCUT2D eigenvalue weighted by Crippen LogP contribution is 2.18. The maximum absolute atomic E-state index is 2.15. The zero-order valence-corrected chi connectivity index (χ0v) is 12.0. The SMILES string of the molecule is C1CCSCSCCSCCCSC1. The molecule has 0 aromatic heterocycles. The van der Waals surface area contributed by atoms with Gasteiger partial charge in [-0.05, 0) is 42.3 Å². The third kappa shape index (κ3) is 8.69. The second kappa shape index (κ2) is 10.9. The van der Waals surface area contributed by atoms with Crippen molar-refractivity contribution in [2.45, 2.75) is 19.3 Å². The topological polar surface area (TPSA) is 0 Å². The van der Waals surface area contributed by atoms with Crippen molar-refractivity contribution < 1.29 is 0 Å². The van der Waals surface area contributed by atoms with Crippen LogP contribution in [-0.4, -0.2) is 39.6 Å². The smallest absolute Gasteiger partial charge is 0.0392 e. The monoisotopic (exact) mass is 268 g/mol. The van der Waals surface area contributed by atoms with Crippen molar-refractivity contribution in [1.29, 1.82) is 0 Å². The van der Waals surface area contributed by atoms with Gasteiger partial charge in [-0.1, -0.05) is 0 Å². The lowest BCUT2D eigenvalue weighted by molar-refractivity contribution is 0.906. The van der Waals surface area contributed by atoms with Crippen molar-refractivity contribution >= 4 is 47.0 Å². The predicted octanol–water partition coefficient (Wildman–Crippen LogP) is 4.06. The summed E-state index contributed by atoms with van der Waals surface area (Å²) in [6, 6.07) is 0. The largest absolute Gasteiger partial charge is 0.162 e. The number of hydrogen-bond acceptors (Lipinski definition) is 4. The zero-order valence-electron chi connectivity index (χ0n) is 8.70. The van der Waals surface area contributed by atoms with Crippen LogP contribution in [0.15, 0.2) is 0 Å². The lowest BCUT2D eigenvalue weighted by Gasteiger charge is -2.05. The van der Waals surface area contributed by atoms with E-state index in [4.69, 9.17) is 0 Å². The third-order valence-corrected chi connectivity index (χ3v) is 6.83. The molecule has 84 valence electrons. The first-order valence-corrected chi connectivity index (χ1v) is 9.93. The molecule has 0 radical (unpaired) electrons. The van der Waals surface area contributed by atoms with E-state index in [2.05, 4.69) is 47.0 Å². The van der Waals surface area contributed by atoms with Gasteiger partial charge in [0.15, 0.2) is 0 Å². The van der Waals surface area contributed by atoms with Crippen LogP contribution in [0.1, 0.15) is 19.3 Å². The molecule has 0 amide bonds. The molecule has 14 heavy (non-hydrogen) atoms. The van der Waals surface area contributed by atoms with E-state index in [1.807, 2.05) is 0 Å². The highest BCUT2D eigenvalue weighted by molar-refractivity contribution is 8.16. The molecule has 0 bridgehead atoms. The summed E-state index contributed by atoms with van der Waals surface area (Å²) < 4.78 is 0. The Morgan fingerprint density at radius 2 is 0.929 bits per heavy atom. The number of rotatable bonds is 0. The molecule has 0 nitrogen and oxygen atoms in total. The molecule has 0 aliphatic carbocycles. The van der Waals surface area contributed by atoms with Crippen molar-refractivity contribution in [3.63, 3.8) is 0 Å². The van der Waals surface area contributed by atoms with Crippen LogP contribution in [0.3, 0.4) is 0 Å². The summed E-state index contributed by atoms with van der Waals surface area (Å²) in [5.41, 5.74) is 0. The Kier molecular flexibility index (Phi) is 10.5. The van der Waals surface area contributed by atoms with E-state index >= 15 is 0 Å². The molecule has 0 unspecified atom stereocenters. The van der Waals surface area contributed by atoms with Crippen LogP contribution in [0.4, 0.5) is 0 Å². The molecule has 1 saturated heterocycles. The van der Waals surface area contributed by atoms with Crippen LogP contribution in [0.5, 0.6) is 0 Å². The van der Waals surface area contributed by atoms with Gasteiger partial charge in [-0.15, -0.1) is 0 Å². The molecular formula is C10H20S4. The Labute approximate surface area is 106 Å². The lowest BCUT2D eigenvalue weighted by Crippen LogP contribution is -1.93. The maximum Gasteiger partial charge on any atom is 0.0392 e. The summed E-state index contributed by atoms with van der Waals surface area (Å²) in [5.74, 6) is 8.23. The van der Waals surface area contributed by atoms with Crippen LogP contribution in [0.25, 0.3) is 0 Å². The van der Waals surface area contributed by atoms with E-state index in [0.29, 0.717) is 0 Å². The summed E-state index contributed by atoms with van der Waals surface area (Å²) in [5, 5.41) is 1.31. The van der Waals surface area contributed by atoms with Crippen LogP contribution in [-0.2, 0) is 0 Å². The fourth-order valence-corrected chi connectivity index (χ4v) is 5.63. The normalized spacial score (nSPS) is 24.0. The Morgan fingerprint density at radius 1 is 0.429 bits per heavy atom. The first kappa shape index (κ1) is 13.5. The molecule has 0 aromatic rings. The molecule has 0 N–H and O–H groups in total. The molecule has 1 aliphatic heterocycles. The molecule has 0 aromatic carbocycles. The number of thioether (sulfide) groups is 4. The van der Waals surface area contributed by atoms with Gasteiger partial charge in [0.2, 0.25) is 0 Å². The van der Waals surface area contributed by atoms with Gasteiger partial charge in [0.1, 0.15) is 0 Å². The Morgan fingerprint density at radius 3 is 1.79 bits per heavy atom. The van der Waals surface area contributed by atoms with Crippen molar-refractivity contribution in [3.05, 3.63) is 0 Å². The first-order chi connectivity index (χ1) is 7.00. The van der Waals surface area contributed by atoms with E-state index in [1.165, 1.54) is 58.9 Å². The second-order valence-electron chi connectivity index (χ2n) is 3.22. The van der Waals surface area contributed by atoms with Crippen LogP contribution < -0.4 is 0 Å². The van der Waals surface area contributed by atoms with Gasteiger partial charge in [0, 0.05) is 16.6 Å². The van der Waals surface area contributed by atoms with Gasteiger partial charge in [0.05, 0.1) is 0 Å². The molecule has 1 fully saturated rings. The van der Waals surface area contributed by atoms with E-state index in [1.54, 1.807) is 0 Å².